The number of benzene rings is 1. The van der Waals surface area contributed by atoms with Gasteiger partial charge >= 0.3 is 33.9 Å². The first kappa shape index (κ1) is 42.7. The molecular formula is C28H44F3N4O14P2+. The van der Waals surface area contributed by atoms with Crippen molar-refractivity contribution in [1.82, 2.24) is 10.6 Å². The molecule has 2 heterocycles. The van der Waals surface area contributed by atoms with Gasteiger partial charge in [-0.25, -0.2) is 18.7 Å². The van der Waals surface area contributed by atoms with Crippen LogP contribution < -0.4 is 20.9 Å². The minimum Gasteiger partial charge on any atom is -0.454 e. The lowest BCUT2D eigenvalue weighted by molar-refractivity contribution is -0.945. The Kier molecular flexibility index (Phi) is 15.8. The molecule has 2 fully saturated rings. The molecule has 51 heavy (non-hydrogen) atoms. The first-order chi connectivity index (χ1) is 23.8. The number of halogens is 3. The van der Waals surface area contributed by atoms with E-state index in [2.05, 4.69) is 9.84 Å². The number of Topliss-reactive ketones (excluding diaryl/α,β-unsaturated/α-hetero) is 1. The molecule has 6 N–H and O–H groups in total. The van der Waals surface area contributed by atoms with Gasteiger partial charge in [0.15, 0.2) is 19.1 Å². The fourth-order valence-electron chi connectivity index (χ4n) is 4.83. The summed E-state index contributed by atoms with van der Waals surface area (Å²) in [7, 11) is -9.43. The number of ketones is 1. The molecule has 1 aromatic rings. The standard InChI is InChI=1S/C28H43F3N4O14P2/c1-19(2)23(36)17-43-25(37)22-13-20(5-6-24(22)49-51(42)46-15-21(16-47-51)48-50(39,40)41)14-44-27(38)34-26(28(29,30)31)45-18-35(10-3-7-32)11-4-8-33-9-12-35/h5-6,13,19,21,26,33H,3-4,7-12,14-18,32H2,1-2H3,(H2-,34,38,39,40,41)/p+1. The summed E-state index contributed by atoms with van der Waals surface area (Å²) in [5.41, 5.74) is 5.22. The van der Waals surface area contributed by atoms with Crippen LogP contribution in [0.3, 0.4) is 0 Å². The average Bonchev–Trinajstić information content (AvgIpc) is 3.29. The Morgan fingerprint density at radius 2 is 1.86 bits per heavy atom. The lowest BCUT2D eigenvalue weighted by atomic mass is 10.1. The number of carbonyl (C=O) groups is 3. The van der Waals surface area contributed by atoms with Gasteiger partial charge in [-0.1, -0.05) is 19.9 Å². The van der Waals surface area contributed by atoms with Gasteiger partial charge in [0.25, 0.3) is 0 Å². The Hall–Kier alpha value is -2.68. The van der Waals surface area contributed by atoms with Crippen molar-refractivity contribution in [2.45, 2.75) is 51.8 Å². The second-order valence-corrected chi connectivity index (χ2v) is 14.9. The Bertz CT molecular complexity index is 1430. The second kappa shape index (κ2) is 18.9. The predicted molar refractivity (Wildman–Crippen MR) is 169 cm³/mol. The summed E-state index contributed by atoms with van der Waals surface area (Å²) in [6.45, 7) is 3.41. The summed E-state index contributed by atoms with van der Waals surface area (Å²) < 4.78 is 101. The number of hydrogen-bond acceptors (Lipinski definition) is 14. The largest absolute Gasteiger partial charge is 0.530 e. The molecule has 23 heteroatoms. The Morgan fingerprint density at radius 1 is 1.16 bits per heavy atom. The lowest BCUT2D eigenvalue weighted by Crippen LogP contribution is -2.56. The van der Waals surface area contributed by atoms with Crippen molar-refractivity contribution in [1.29, 1.82) is 0 Å². The Morgan fingerprint density at radius 3 is 2.49 bits per heavy atom. The molecule has 2 aliphatic heterocycles. The van der Waals surface area contributed by atoms with E-state index in [4.69, 9.17) is 43.3 Å². The highest BCUT2D eigenvalue weighted by Crippen LogP contribution is 2.53. The summed E-state index contributed by atoms with van der Waals surface area (Å²) in [5.74, 6) is -2.54. The van der Waals surface area contributed by atoms with E-state index >= 15 is 0 Å². The van der Waals surface area contributed by atoms with Gasteiger partial charge in [0.1, 0.15) is 24.0 Å². The summed E-state index contributed by atoms with van der Waals surface area (Å²) in [6.07, 6.45) is -9.21. The monoisotopic (exact) mass is 779 g/mol. The number of ether oxygens (including phenoxy) is 3. The molecule has 1 amide bonds. The molecule has 3 rings (SSSR count). The molecule has 0 saturated carbocycles. The highest BCUT2D eigenvalue weighted by molar-refractivity contribution is 7.49. The number of carbonyl (C=O) groups excluding carboxylic acids is 3. The maximum Gasteiger partial charge on any atom is 0.530 e. The molecule has 0 bridgehead atoms. The number of alkyl carbamates (subject to hydrolysis) is 1. The summed E-state index contributed by atoms with van der Waals surface area (Å²) >= 11 is 0. The van der Waals surface area contributed by atoms with Crippen LogP contribution in [0.1, 0.15) is 42.6 Å². The van der Waals surface area contributed by atoms with Crippen LogP contribution in [0, 0.1) is 5.92 Å². The van der Waals surface area contributed by atoms with E-state index < -0.39 is 95.7 Å². The van der Waals surface area contributed by atoms with Gasteiger partial charge in [0, 0.05) is 31.8 Å². The van der Waals surface area contributed by atoms with Crippen molar-refractivity contribution < 1.29 is 83.3 Å². The Balaban J connectivity index is 1.72. The fourth-order valence-corrected chi connectivity index (χ4v) is 6.62. The number of nitrogens with two attached hydrogens (primary N) is 1. The molecule has 290 valence electrons. The number of quaternary nitrogens is 1. The van der Waals surface area contributed by atoms with Crippen LogP contribution in [0.15, 0.2) is 18.2 Å². The lowest BCUT2D eigenvalue weighted by Gasteiger charge is -2.38. The van der Waals surface area contributed by atoms with Gasteiger partial charge in [-0.05, 0) is 24.2 Å². The van der Waals surface area contributed by atoms with Crippen molar-refractivity contribution in [3.05, 3.63) is 29.3 Å². The van der Waals surface area contributed by atoms with Crippen molar-refractivity contribution >= 4 is 33.5 Å². The maximum atomic E-state index is 13.9. The summed E-state index contributed by atoms with van der Waals surface area (Å²) in [4.78, 5) is 55.5. The molecule has 1 aromatic carbocycles. The van der Waals surface area contributed by atoms with E-state index in [1.54, 1.807) is 19.2 Å². The zero-order valence-corrected chi connectivity index (χ0v) is 29.8. The number of amides is 1. The SMILES string of the molecule is CC(C)C(=O)COC(=O)c1cc(COC(=O)NC(OC[N+]2(CCCN)CCCNCC2)C(F)(F)F)ccc1OP1(=O)OCC(OP(=O)(O)O)CO1. The van der Waals surface area contributed by atoms with Crippen molar-refractivity contribution in [3.8, 4) is 5.75 Å². The number of esters is 1. The number of phosphoric ester groups is 2. The highest BCUT2D eigenvalue weighted by atomic mass is 31.2. The predicted octanol–water partition coefficient (Wildman–Crippen LogP) is 2.33. The molecule has 2 atom stereocenters. The van der Waals surface area contributed by atoms with Gasteiger partial charge < -0.3 is 34.8 Å². The molecule has 0 aliphatic carbocycles. The third-order valence-corrected chi connectivity index (χ3v) is 9.53. The van der Waals surface area contributed by atoms with E-state index in [-0.39, 0.29) is 16.8 Å². The fraction of sp³-hybridized carbons (Fsp3) is 0.679. The van der Waals surface area contributed by atoms with Gasteiger partial charge in [-0.3, -0.25) is 32.9 Å². The van der Waals surface area contributed by atoms with E-state index in [0.29, 0.717) is 52.1 Å². The number of phosphoric acid groups is 2. The first-order valence-corrected chi connectivity index (χ1v) is 18.9. The summed E-state index contributed by atoms with van der Waals surface area (Å²) in [6, 6.07) is 3.34. The van der Waals surface area contributed by atoms with Crippen LogP contribution >= 0.6 is 15.6 Å². The number of rotatable bonds is 17. The Labute approximate surface area is 291 Å². The summed E-state index contributed by atoms with van der Waals surface area (Å²) in [5, 5.41) is 4.88. The third-order valence-electron chi connectivity index (χ3n) is 7.60. The minimum atomic E-state index is -4.99. The molecule has 2 saturated heterocycles. The van der Waals surface area contributed by atoms with E-state index in [9.17, 15) is 36.7 Å². The first-order valence-electron chi connectivity index (χ1n) is 15.9. The zero-order chi connectivity index (χ0) is 37.9. The maximum absolute atomic E-state index is 13.9. The molecule has 18 nitrogen and oxygen atoms in total. The van der Waals surface area contributed by atoms with Gasteiger partial charge in [0.2, 0.25) is 6.23 Å². The molecule has 2 aliphatic rings. The third kappa shape index (κ3) is 14.3. The molecule has 0 radical (unpaired) electrons. The highest BCUT2D eigenvalue weighted by Gasteiger charge is 2.45. The topological polar surface area (TPSA) is 240 Å². The van der Waals surface area contributed by atoms with Crippen molar-refractivity contribution in [2.24, 2.45) is 11.7 Å². The number of alkyl halides is 3. The number of hydrogen-bond donors (Lipinski definition) is 5. The van der Waals surface area contributed by atoms with Crippen LogP contribution in [-0.2, 0) is 48.3 Å². The normalized spacial score (nSPS) is 23.6. The van der Waals surface area contributed by atoms with Crippen LogP contribution in [-0.4, -0.2) is 116 Å². The number of nitrogens with one attached hydrogen (secondary N) is 2. The minimum absolute atomic E-state index is 0.0337. The molecular weight excluding hydrogens is 735 g/mol. The van der Waals surface area contributed by atoms with Gasteiger partial charge in [-0.2, -0.15) is 13.2 Å². The van der Waals surface area contributed by atoms with Gasteiger partial charge in [0.05, 0.1) is 32.8 Å². The smallest absolute Gasteiger partial charge is 0.454 e. The van der Waals surface area contributed by atoms with E-state index in [1.165, 1.54) is 6.07 Å². The van der Waals surface area contributed by atoms with Gasteiger partial charge in [-0.15, -0.1) is 0 Å². The van der Waals surface area contributed by atoms with Crippen molar-refractivity contribution in [3.63, 3.8) is 0 Å². The molecule has 0 aromatic heterocycles. The van der Waals surface area contributed by atoms with Crippen LogP contribution in [0.5, 0.6) is 5.75 Å². The molecule has 0 spiro atoms. The van der Waals surface area contributed by atoms with E-state index in [0.717, 1.165) is 12.1 Å². The van der Waals surface area contributed by atoms with Crippen LogP contribution in [0.25, 0.3) is 0 Å². The number of nitrogens with zero attached hydrogens (tertiary/aromatic N) is 1. The zero-order valence-electron chi connectivity index (χ0n) is 28.0. The quantitative estimate of drug-likeness (QED) is 0.0660. The van der Waals surface area contributed by atoms with Crippen LogP contribution in [0.2, 0.25) is 0 Å². The van der Waals surface area contributed by atoms with Crippen molar-refractivity contribution in [2.75, 3.05) is 65.8 Å². The average molecular weight is 780 g/mol. The van der Waals surface area contributed by atoms with E-state index in [1.807, 2.05) is 0 Å². The second-order valence-electron chi connectivity index (χ2n) is 12.1. The molecule has 2 unspecified atom stereocenters. The van der Waals surface area contributed by atoms with Crippen LogP contribution in [0.4, 0.5) is 18.0 Å².